The quantitative estimate of drug-likeness (QED) is 0.400. The van der Waals surface area contributed by atoms with E-state index in [9.17, 15) is 14.9 Å². The van der Waals surface area contributed by atoms with Gasteiger partial charge in [0.15, 0.2) is 0 Å². The molecule has 0 unspecified atom stereocenters. The number of aryl methyl sites for hydroxylation is 1. The highest BCUT2D eigenvalue weighted by Crippen LogP contribution is 2.29. The van der Waals surface area contributed by atoms with Crippen LogP contribution in [0.2, 0.25) is 10.0 Å². The van der Waals surface area contributed by atoms with E-state index in [0.29, 0.717) is 22.9 Å². The second-order valence-electron chi connectivity index (χ2n) is 6.30. The number of hydrogen-bond donors (Lipinski definition) is 1. The van der Waals surface area contributed by atoms with Gasteiger partial charge in [-0.25, -0.2) is 0 Å². The molecule has 0 bridgehead atoms. The number of halogens is 2. The van der Waals surface area contributed by atoms with Crippen LogP contribution in [-0.2, 0) is 19.7 Å². The minimum absolute atomic E-state index is 0.106. The van der Waals surface area contributed by atoms with Gasteiger partial charge in [-0.15, -0.1) is 0 Å². The van der Waals surface area contributed by atoms with Crippen molar-refractivity contribution in [3.05, 3.63) is 85.6 Å². The van der Waals surface area contributed by atoms with Crippen molar-refractivity contribution in [3.8, 4) is 5.75 Å². The normalized spacial score (nSPS) is 10.6. The predicted octanol–water partition coefficient (Wildman–Crippen LogP) is 4.63. The summed E-state index contributed by atoms with van der Waals surface area (Å²) in [6, 6.07) is 10.9. The molecule has 3 aromatic rings. The first-order valence-corrected chi connectivity index (χ1v) is 9.78. The number of nitro groups is 1. The average molecular weight is 449 g/mol. The van der Waals surface area contributed by atoms with Crippen molar-refractivity contribution in [3.63, 3.8) is 0 Å². The lowest BCUT2D eigenvalue weighted by atomic mass is 10.1. The molecule has 0 saturated carbocycles. The summed E-state index contributed by atoms with van der Waals surface area (Å²) in [6.45, 7) is 3.07. The van der Waals surface area contributed by atoms with Crippen LogP contribution in [0.5, 0.6) is 5.75 Å². The van der Waals surface area contributed by atoms with E-state index in [1.165, 1.54) is 18.2 Å². The smallest absolute Gasteiger partial charge is 0.271 e. The Balaban J connectivity index is 1.57. The maximum absolute atomic E-state index is 12.4. The van der Waals surface area contributed by atoms with Crippen LogP contribution < -0.4 is 10.1 Å². The van der Waals surface area contributed by atoms with E-state index < -0.39 is 4.92 Å². The fourth-order valence-electron chi connectivity index (χ4n) is 2.74. The molecule has 0 aliphatic heterocycles. The molecule has 0 atom stereocenters. The largest absolute Gasteiger partial charge is 0.487 e. The van der Waals surface area contributed by atoms with Gasteiger partial charge in [-0.3, -0.25) is 19.6 Å². The van der Waals surface area contributed by atoms with Crippen LogP contribution in [0.15, 0.2) is 48.7 Å². The van der Waals surface area contributed by atoms with Gasteiger partial charge in [0.25, 0.3) is 11.6 Å². The van der Waals surface area contributed by atoms with Gasteiger partial charge < -0.3 is 10.1 Å². The van der Waals surface area contributed by atoms with Crippen molar-refractivity contribution in [2.45, 2.75) is 26.6 Å². The molecule has 10 heteroatoms. The molecule has 0 aliphatic rings. The van der Waals surface area contributed by atoms with Crippen LogP contribution in [0.4, 0.5) is 5.69 Å². The summed E-state index contributed by atoms with van der Waals surface area (Å²) in [5.41, 5.74) is 1.95. The number of benzene rings is 2. The number of ether oxygens (including phenoxy) is 1. The van der Waals surface area contributed by atoms with E-state index in [4.69, 9.17) is 27.9 Å². The summed E-state index contributed by atoms with van der Waals surface area (Å²) in [5, 5.41) is 18.4. The third kappa shape index (κ3) is 5.08. The molecule has 30 heavy (non-hydrogen) atoms. The fraction of sp³-hybridized carbons (Fsp3) is 0.200. The Hall–Kier alpha value is -3.10. The number of non-ortho nitro benzene ring substituents is 1. The van der Waals surface area contributed by atoms with Gasteiger partial charge in [-0.05, 0) is 30.7 Å². The van der Waals surface area contributed by atoms with E-state index in [2.05, 4.69) is 10.4 Å². The molecule has 156 valence electrons. The van der Waals surface area contributed by atoms with E-state index in [1.54, 1.807) is 35.1 Å². The Labute approximate surface area is 182 Å². The molecule has 2 aromatic carbocycles. The Bertz CT molecular complexity index is 1070. The molecule has 1 amide bonds. The average Bonchev–Trinajstić information content (AvgIpc) is 3.10. The first-order chi connectivity index (χ1) is 14.4. The van der Waals surface area contributed by atoms with Crippen LogP contribution in [0, 0.1) is 10.1 Å². The van der Waals surface area contributed by atoms with Crippen molar-refractivity contribution in [2.24, 2.45) is 0 Å². The Morgan fingerprint density at radius 3 is 2.57 bits per heavy atom. The molecule has 1 heterocycles. The molecule has 8 nitrogen and oxygen atoms in total. The van der Waals surface area contributed by atoms with Gasteiger partial charge in [0, 0.05) is 24.2 Å². The standard InChI is InChI=1S/C20H18Cl2N4O4/c1-2-25-18(17(22)10-24-25)11-23-20(27)14-5-3-13(4-6-14)12-30-19-8-7-15(26(28)29)9-16(19)21/h3-10H,2,11-12H2,1H3,(H,23,27). The van der Waals surface area contributed by atoms with E-state index >= 15 is 0 Å². The van der Waals surface area contributed by atoms with E-state index in [1.807, 2.05) is 6.92 Å². The molecule has 1 aromatic heterocycles. The number of amides is 1. The van der Waals surface area contributed by atoms with Gasteiger partial charge in [0.2, 0.25) is 0 Å². The number of carbonyl (C=O) groups is 1. The maximum Gasteiger partial charge on any atom is 0.271 e. The van der Waals surface area contributed by atoms with Crippen molar-refractivity contribution in [1.82, 2.24) is 15.1 Å². The Kier molecular flexibility index (Phi) is 6.91. The molecule has 0 fully saturated rings. The Morgan fingerprint density at radius 2 is 1.93 bits per heavy atom. The van der Waals surface area contributed by atoms with E-state index in [-0.39, 0.29) is 29.8 Å². The third-order valence-electron chi connectivity index (χ3n) is 4.35. The second-order valence-corrected chi connectivity index (χ2v) is 7.11. The lowest BCUT2D eigenvalue weighted by Crippen LogP contribution is -2.24. The van der Waals surface area contributed by atoms with Gasteiger partial charge in [-0.1, -0.05) is 35.3 Å². The summed E-state index contributed by atoms with van der Waals surface area (Å²) in [4.78, 5) is 22.6. The minimum Gasteiger partial charge on any atom is -0.487 e. The lowest BCUT2D eigenvalue weighted by molar-refractivity contribution is -0.384. The number of rotatable bonds is 8. The van der Waals surface area contributed by atoms with E-state index in [0.717, 1.165) is 11.3 Å². The summed E-state index contributed by atoms with van der Waals surface area (Å²) < 4.78 is 7.34. The van der Waals surface area contributed by atoms with Gasteiger partial charge in [-0.2, -0.15) is 5.10 Å². The molecule has 0 saturated heterocycles. The zero-order valence-corrected chi connectivity index (χ0v) is 17.5. The van der Waals surface area contributed by atoms with Crippen molar-refractivity contribution in [2.75, 3.05) is 0 Å². The molecular weight excluding hydrogens is 431 g/mol. The van der Waals surface area contributed by atoms with Gasteiger partial charge >= 0.3 is 0 Å². The first kappa shape index (κ1) is 21.6. The summed E-state index contributed by atoms with van der Waals surface area (Å²) in [7, 11) is 0. The molecule has 1 N–H and O–H groups in total. The topological polar surface area (TPSA) is 99.3 Å². The van der Waals surface area contributed by atoms with Crippen LogP contribution in [0.1, 0.15) is 28.5 Å². The van der Waals surface area contributed by atoms with Gasteiger partial charge in [0.05, 0.1) is 33.4 Å². The van der Waals surface area contributed by atoms with Gasteiger partial charge in [0.1, 0.15) is 12.4 Å². The van der Waals surface area contributed by atoms with Crippen molar-refractivity contribution >= 4 is 34.8 Å². The van der Waals surface area contributed by atoms with Crippen LogP contribution in [0.3, 0.4) is 0 Å². The number of hydrogen-bond acceptors (Lipinski definition) is 5. The molecular formula is C20H18Cl2N4O4. The van der Waals surface area contributed by atoms with Crippen LogP contribution in [0.25, 0.3) is 0 Å². The van der Waals surface area contributed by atoms with Crippen molar-refractivity contribution < 1.29 is 14.5 Å². The zero-order valence-electron chi connectivity index (χ0n) is 16.0. The third-order valence-corrected chi connectivity index (χ3v) is 4.96. The Morgan fingerprint density at radius 1 is 1.20 bits per heavy atom. The van der Waals surface area contributed by atoms with Crippen LogP contribution >= 0.6 is 23.2 Å². The maximum atomic E-state index is 12.4. The summed E-state index contributed by atoms with van der Waals surface area (Å²) in [6.07, 6.45) is 1.55. The number of carbonyl (C=O) groups excluding carboxylic acids is 1. The highest BCUT2D eigenvalue weighted by atomic mass is 35.5. The molecule has 3 rings (SSSR count). The highest BCUT2D eigenvalue weighted by molar-refractivity contribution is 6.32. The SMILES string of the molecule is CCn1ncc(Cl)c1CNC(=O)c1ccc(COc2ccc([N+](=O)[O-])cc2Cl)cc1. The fourth-order valence-corrected chi connectivity index (χ4v) is 3.17. The zero-order chi connectivity index (χ0) is 21.7. The highest BCUT2D eigenvalue weighted by Gasteiger charge is 2.12. The monoisotopic (exact) mass is 448 g/mol. The van der Waals surface area contributed by atoms with Crippen LogP contribution in [-0.4, -0.2) is 20.6 Å². The molecule has 0 spiro atoms. The van der Waals surface area contributed by atoms with Crippen molar-refractivity contribution in [1.29, 1.82) is 0 Å². The second kappa shape index (κ2) is 9.60. The minimum atomic E-state index is -0.524. The first-order valence-electron chi connectivity index (χ1n) is 9.03. The molecule has 0 radical (unpaired) electrons. The predicted molar refractivity (Wildman–Crippen MR) is 113 cm³/mol. The number of nitrogens with zero attached hydrogens (tertiary/aromatic N) is 3. The number of nitrogens with one attached hydrogen (secondary N) is 1. The summed E-state index contributed by atoms with van der Waals surface area (Å²) >= 11 is 12.1. The number of aromatic nitrogens is 2. The number of nitro benzene ring substituents is 1. The lowest BCUT2D eigenvalue weighted by Gasteiger charge is -2.10. The summed E-state index contributed by atoms with van der Waals surface area (Å²) in [5.74, 6) is 0.106. The molecule has 0 aliphatic carbocycles.